The number of pyridine rings is 1. The molecule has 31 heavy (non-hydrogen) atoms. The van der Waals surface area contributed by atoms with E-state index >= 15 is 0 Å². The van der Waals surface area contributed by atoms with Crippen molar-refractivity contribution in [1.29, 1.82) is 0 Å². The Hall–Kier alpha value is -2.82. The Morgan fingerprint density at radius 2 is 2.16 bits per heavy atom. The summed E-state index contributed by atoms with van der Waals surface area (Å²) in [7, 11) is 0. The van der Waals surface area contributed by atoms with E-state index in [1.807, 2.05) is 13.8 Å². The van der Waals surface area contributed by atoms with Crippen molar-refractivity contribution in [2.75, 3.05) is 5.32 Å². The number of nitrogens with one attached hydrogen (secondary N) is 1. The van der Waals surface area contributed by atoms with Crippen molar-refractivity contribution in [3.05, 3.63) is 71.0 Å². The highest BCUT2D eigenvalue weighted by molar-refractivity contribution is 8.11. The number of aromatic nitrogens is 1. The minimum Gasteiger partial charge on any atom is -0.403 e. The minimum absolute atomic E-state index is 0.0335. The van der Waals surface area contributed by atoms with Gasteiger partial charge in [-0.05, 0) is 36.2 Å². The van der Waals surface area contributed by atoms with E-state index in [2.05, 4.69) is 15.3 Å². The number of halogens is 2. The molecular weight excluding hydrogens is 441 g/mol. The molecule has 8 nitrogen and oxygen atoms in total. The summed E-state index contributed by atoms with van der Waals surface area (Å²) < 4.78 is 15.9. The van der Waals surface area contributed by atoms with Crippen LogP contribution in [0.3, 0.4) is 0 Å². The van der Waals surface area contributed by atoms with E-state index in [-0.39, 0.29) is 16.8 Å². The molecule has 1 amide bonds. The third-order valence-corrected chi connectivity index (χ3v) is 5.26. The first-order valence-electron chi connectivity index (χ1n) is 9.41. The van der Waals surface area contributed by atoms with Gasteiger partial charge in [-0.1, -0.05) is 31.9 Å². The number of benzene rings is 1. The van der Waals surface area contributed by atoms with Crippen LogP contribution in [0.2, 0.25) is 5.02 Å². The molecular formula is C20H25ClFN7OS. The van der Waals surface area contributed by atoms with Crippen LogP contribution in [0.5, 0.6) is 0 Å². The van der Waals surface area contributed by atoms with Crippen LogP contribution in [0, 0.1) is 11.7 Å². The number of anilines is 1. The van der Waals surface area contributed by atoms with Crippen molar-refractivity contribution < 1.29 is 9.18 Å². The van der Waals surface area contributed by atoms with Gasteiger partial charge >= 0.3 is 0 Å². The number of hydrogen-bond donors (Lipinski definition) is 4. The van der Waals surface area contributed by atoms with Gasteiger partial charge in [0, 0.05) is 41.8 Å². The van der Waals surface area contributed by atoms with E-state index in [1.54, 1.807) is 12.1 Å². The molecule has 2 aromatic rings. The summed E-state index contributed by atoms with van der Waals surface area (Å²) >= 11 is 6.76. The maximum Gasteiger partial charge on any atom is 0.274 e. The summed E-state index contributed by atoms with van der Waals surface area (Å²) in [5, 5.41) is 3.28. The van der Waals surface area contributed by atoms with Gasteiger partial charge in [0.2, 0.25) is 0 Å². The average molecular weight is 466 g/mol. The molecule has 7 N–H and O–H groups in total. The standard InChI is InChI=1S/C20H25ClFN7OS/c1-3-12(2)18(28-20(24)31-29(25)9-8-23)15-10-14(5-6-16(15)22)27-19(30)17-7-4-13(21)11-26-17/h4-12,18H,3,23,25H2,1-2H3,(H2,24,28)(H,27,30)/b9-8-/t12-,18?/m1/s1. The Morgan fingerprint density at radius 1 is 1.42 bits per heavy atom. The first kappa shape index (κ1) is 24.4. The molecule has 0 bridgehead atoms. The highest BCUT2D eigenvalue weighted by atomic mass is 35.5. The molecule has 166 valence electrons. The Bertz CT molecular complexity index is 955. The smallest absolute Gasteiger partial charge is 0.274 e. The second-order valence-electron chi connectivity index (χ2n) is 6.64. The number of carbonyl (C=O) groups excluding carboxylic acids is 1. The van der Waals surface area contributed by atoms with E-state index in [9.17, 15) is 9.18 Å². The number of nitrogens with zero attached hydrogens (tertiary/aromatic N) is 3. The van der Waals surface area contributed by atoms with Crippen molar-refractivity contribution in [2.45, 2.75) is 26.3 Å². The molecule has 1 aromatic heterocycles. The summed E-state index contributed by atoms with van der Waals surface area (Å²) in [6, 6.07) is 6.77. The van der Waals surface area contributed by atoms with Gasteiger partial charge in [-0.2, -0.15) is 0 Å². The number of amides is 1. The Balaban J connectivity index is 2.31. The SMILES string of the molecule is CC[C@@H](C)C(N=C(N)SN(N)/C=C\N)c1cc(NC(=O)c2ccc(Cl)cn2)ccc1F. The van der Waals surface area contributed by atoms with E-state index in [0.717, 1.165) is 18.4 Å². The number of amidine groups is 1. The van der Waals surface area contributed by atoms with Crippen molar-refractivity contribution >= 4 is 40.3 Å². The van der Waals surface area contributed by atoms with Gasteiger partial charge in [0.25, 0.3) is 5.91 Å². The lowest BCUT2D eigenvalue weighted by Crippen LogP contribution is -2.24. The van der Waals surface area contributed by atoms with Crippen molar-refractivity contribution in [1.82, 2.24) is 9.40 Å². The molecule has 1 aromatic carbocycles. The van der Waals surface area contributed by atoms with Gasteiger partial charge in [-0.3, -0.25) is 14.2 Å². The largest absolute Gasteiger partial charge is 0.403 e. The molecule has 11 heteroatoms. The Kier molecular flexibility index (Phi) is 9.10. The number of hydrazine groups is 1. The average Bonchev–Trinajstić information content (AvgIpc) is 2.73. The number of aliphatic imine (C=N–C) groups is 1. The fourth-order valence-corrected chi connectivity index (χ4v) is 3.28. The fourth-order valence-electron chi connectivity index (χ4n) is 2.66. The van der Waals surface area contributed by atoms with E-state index < -0.39 is 17.8 Å². The normalized spacial score (nSPS) is 13.8. The fraction of sp³-hybridized carbons (Fsp3) is 0.250. The van der Waals surface area contributed by atoms with Crippen molar-refractivity contribution in [3.63, 3.8) is 0 Å². The van der Waals surface area contributed by atoms with Gasteiger partial charge in [-0.25, -0.2) is 15.2 Å². The minimum atomic E-state index is -0.585. The zero-order chi connectivity index (χ0) is 23.0. The van der Waals surface area contributed by atoms with Gasteiger partial charge in [0.15, 0.2) is 5.17 Å². The topological polar surface area (TPSA) is 136 Å². The van der Waals surface area contributed by atoms with Crippen molar-refractivity contribution in [2.24, 2.45) is 28.2 Å². The second-order valence-corrected chi connectivity index (χ2v) is 8.10. The first-order valence-corrected chi connectivity index (χ1v) is 10.6. The first-order chi connectivity index (χ1) is 14.7. The van der Waals surface area contributed by atoms with Crippen LogP contribution in [0.15, 0.2) is 53.9 Å². The van der Waals surface area contributed by atoms with Gasteiger partial charge < -0.3 is 16.8 Å². The second kappa shape index (κ2) is 11.5. The van der Waals surface area contributed by atoms with E-state index in [1.165, 1.54) is 41.2 Å². The summed E-state index contributed by atoms with van der Waals surface area (Å²) in [6.45, 7) is 3.91. The van der Waals surface area contributed by atoms with Crippen LogP contribution in [-0.4, -0.2) is 20.5 Å². The quantitative estimate of drug-likeness (QED) is 0.153. The van der Waals surface area contributed by atoms with Gasteiger partial charge in [-0.15, -0.1) is 0 Å². The van der Waals surface area contributed by atoms with E-state index in [4.69, 9.17) is 28.9 Å². The Morgan fingerprint density at radius 3 is 2.77 bits per heavy atom. The number of hydrogen-bond acceptors (Lipinski definition) is 7. The summed E-state index contributed by atoms with van der Waals surface area (Å²) in [5.74, 6) is 4.78. The third kappa shape index (κ3) is 7.12. The lowest BCUT2D eigenvalue weighted by molar-refractivity contribution is 0.102. The third-order valence-electron chi connectivity index (χ3n) is 4.41. The van der Waals surface area contributed by atoms with Crippen LogP contribution < -0.4 is 22.6 Å². The molecule has 0 saturated heterocycles. The summed E-state index contributed by atoms with van der Waals surface area (Å²) in [5.41, 5.74) is 12.2. The lowest BCUT2D eigenvalue weighted by atomic mass is 9.92. The summed E-state index contributed by atoms with van der Waals surface area (Å²) in [6.07, 6.45) is 4.77. The number of carbonyl (C=O) groups is 1. The molecule has 2 rings (SSSR count). The highest BCUT2D eigenvalue weighted by Crippen LogP contribution is 2.33. The van der Waals surface area contributed by atoms with Crippen LogP contribution in [-0.2, 0) is 0 Å². The monoisotopic (exact) mass is 465 g/mol. The van der Waals surface area contributed by atoms with Gasteiger partial charge in [0.05, 0.1) is 11.1 Å². The highest BCUT2D eigenvalue weighted by Gasteiger charge is 2.22. The van der Waals surface area contributed by atoms with Crippen molar-refractivity contribution in [3.8, 4) is 0 Å². The molecule has 2 atom stereocenters. The zero-order valence-electron chi connectivity index (χ0n) is 17.1. The van der Waals surface area contributed by atoms with Crippen LogP contribution >= 0.6 is 23.5 Å². The number of nitrogens with two attached hydrogens (primary N) is 3. The zero-order valence-corrected chi connectivity index (χ0v) is 18.7. The molecule has 0 saturated carbocycles. The predicted molar refractivity (Wildman–Crippen MR) is 124 cm³/mol. The molecule has 0 aliphatic carbocycles. The lowest BCUT2D eigenvalue weighted by Gasteiger charge is -2.22. The van der Waals surface area contributed by atoms with Gasteiger partial charge in [0.1, 0.15) is 11.5 Å². The summed E-state index contributed by atoms with van der Waals surface area (Å²) in [4.78, 5) is 20.9. The predicted octanol–water partition coefficient (Wildman–Crippen LogP) is 3.78. The molecule has 1 unspecified atom stereocenters. The van der Waals surface area contributed by atoms with Crippen LogP contribution in [0.4, 0.5) is 10.1 Å². The molecule has 0 aliphatic heterocycles. The number of rotatable bonds is 8. The molecule has 1 heterocycles. The molecule has 0 fully saturated rings. The molecule has 0 spiro atoms. The molecule has 0 aliphatic rings. The Labute approximate surface area is 189 Å². The maximum absolute atomic E-state index is 14.7. The maximum atomic E-state index is 14.7. The van der Waals surface area contributed by atoms with Crippen LogP contribution in [0.1, 0.15) is 42.4 Å². The van der Waals surface area contributed by atoms with Crippen LogP contribution in [0.25, 0.3) is 0 Å². The molecule has 0 radical (unpaired) electrons. The van der Waals surface area contributed by atoms with E-state index in [0.29, 0.717) is 16.3 Å².